The minimum atomic E-state index is -0.620. The second kappa shape index (κ2) is 10.0. The fraction of sp³-hybridized carbons (Fsp3) is 0.368. The molecule has 1 unspecified atom stereocenters. The molecule has 9 heteroatoms. The molecule has 0 aliphatic carbocycles. The number of alkyl carbamates (subject to hydrolysis) is 1. The maximum Gasteiger partial charge on any atom is 0.407 e. The predicted octanol–water partition coefficient (Wildman–Crippen LogP) is 2.54. The lowest BCUT2D eigenvalue weighted by Crippen LogP contribution is -2.48. The average molecular weight is 449 g/mol. The lowest BCUT2D eigenvalue weighted by molar-refractivity contribution is -0.132. The Morgan fingerprint density at radius 1 is 1.21 bits per heavy atom. The van der Waals surface area contributed by atoms with E-state index in [0.717, 1.165) is 22.9 Å². The molecule has 2 amide bonds. The van der Waals surface area contributed by atoms with E-state index in [0.29, 0.717) is 13.1 Å². The van der Waals surface area contributed by atoms with Gasteiger partial charge in [-0.15, -0.1) is 0 Å². The van der Waals surface area contributed by atoms with Crippen molar-refractivity contribution in [2.45, 2.75) is 25.6 Å². The lowest BCUT2D eigenvalue weighted by atomic mass is 10.1. The second-order valence-electron chi connectivity index (χ2n) is 6.32. The Labute approximate surface area is 171 Å². The molecule has 0 radical (unpaired) electrons. The van der Waals surface area contributed by atoms with E-state index >= 15 is 0 Å². The Bertz CT molecular complexity index is 788. The summed E-state index contributed by atoms with van der Waals surface area (Å²) in [6, 6.07) is 9.64. The van der Waals surface area contributed by atoms with E-state index in [-0.39, 0.29) is 31.2 Å². The van der Waals surface area contributed by atoms with E-state index in [9.17, 15) is 9.59 Å². The molecule has 0 spiro atoms. The quantitative estimate of drug-likeness (QED) is 0.729. The molecule has 1 saturated heterocycles. The summed E-state index contributed by atoms with van der Waals surface area (Å²) in [5, 5.41) is 2.50. The number of nitrogens with zero attached hydrogens (tertiary/aromatic N) is 3. The van der Waals surface area contributed by atoms with Gasteiger partial charge in [-0.2, -0.15) is 0 Å². The number of rotatable bonds is 6. The summed E-state index contributed by atoms with van der Waals surface area (Å²) < 4.78 is 11.6. The van der Waals surface area contributed by atoms with Crippen molar-refractivity contribution >= 4 is 27.9 Å². The van der Waals surface area contributed by atoms with Crippen molar-refractivity contribution in [2.75, 3.05) is 19.6 Å². The standard InChI is InChI=1S/C19H21BrN4O4/c20-15-9-21-18(22-10-15)28-16-7-4-8-24(12-16)17(25)11-23-19(26)27-13-14-5-2-1-3-6-14/h1-3,5-6,9-10,16H,4,7-8,11-13H2,(H,23,26). The van der Waals surface area contributed by atoms with Gasteiger partial charge in [0.15, 0.2) is 0 Å². The largest absolute Gasteiger partial charge is 0.458 e. The van der Waals surface area contributed by atoms with Gasteiger partial charge in [0.05, 0.1) is 11.0 Å². The van der Waals surface area contributed by atoms with Crippen LogP contribution in [0.25, 0.3) is 0 Å². The zero-order valence-corrected chi connectivity index (χ0v) is 16.8. The van der Waals surface area contributed by atoms with Gasteiger partial charge in [-0.05, 0) is 34.3 Å². The van der Waals surface area contributed by atoms with E-state index < -0.39 is 6.09 Å². The third kappa shape index (κ3) is 6.19. The summed E-state index contributed by atoms with van der Waals surface area (Å²) in [6.45, 7) is 1.10. The number of hydrogen-bond donors (Lipinski definition) is 1. The molecule has 2 heterocycles. The minimum absolute atomic E-state index is 0.116. The Kier molecular flexibility index (Phi) is 7.18. The van der Waals surface area contributed by atoms with Gasteiger partial charge in [0.25, 0.3) is 0 Å². The van der Waals surface area contributed by atoms with Crippen LogP contribution in [-0.4, -0.2) is 52.6 Å². The van der Waals surface area contributed by atoms with Crippen LogP contribution in [0.4, 0.5) is 4.79 Å². The number of carbonyl (C=O) groups excluding carboxylic acids is 2. The average Bonchev–Trinajstić information content (AvgIpc) is 2.73. The third-order valence-corrected chi connectivity index (χ3v) is 4.61. The Hall–Kier alpha value is -2.68. The number of piperidine rings is 1. The minimum Gasteiger partial charge on any atom is -0.458 e. The first-order chi connectivity index (χ1) is 13.6. The number of carbonyl (C=O) groups is 2. The first-order valence-electron chi connectivity index (χ1n) is 8.96. The van der Waals surface area contributed by atoms with E-state index in [2.05, 4.69) is 31.2 Å². The van der Waals surface area contributed by atoms with Crippen molar-refractivity contribution in [3.8, 4) is 6.01 Å². The Balaban J connectivity index is 1.40. The van der Waals surface area contributed by atoms with E-state index in [4.69, 9.17) is 9.47 Å². The number of nitrogens with one attached hydrogen (secondary N) is 1. The molecule has 1 aliphatic rings. The first-order valence-corrected chi connectivity index (χ1v) is 9.76. The molecule has 148 valence electrons. The molecular formula is C19H21BrN4O4. The van der Waals surface area contributed by atoms with Gasteiger partial charge in [-0.1, -0.05) is 30.3 Å². The van der Waals surface area contributed by atoms with Crippen molar-refractivity contribution in [1.82, 2.24) is 20.2 Å². The topological polar surface area (TPSA) is 93.7 Å². The van der Waals surface area contributed by atoms with Crippen LogP contribution in [0.15, 0.2) is 47.2 Å². The highest BCUT2D eigenvalue weighted by Gasteiger charge is 2.25. The van der Waals surface area contributed by atoms with Gasteiger partial charge in [-0.25, -0.2) is 14.8 Å². The van der Waals surface area contributed by atoms with Gasteiger partial charge in [0.1, 0.15) is 19.3 Å². The Morgan fingerprint density at radius 3 is 2.71 bits per heavy atom. The summed E-state index contributed by atoms with van der Waals surface area (Å²) in [5.74, 6) is -0.179. The second-order valence-corrected chi connectivity index (χ2v) is 7.24. The maximum absolute atomic E-state index is 12.4. The van der Waals surface area contributed by atoms with Gasteiger partial charge in [0.2, 0.25) is 5.91 Å². The highest BCUT2D eigenvalue weighted by atomic mass is 79.9. The Morgan fingerprint density at radius 2 is 1.96 bits per heavy atom. The molecule has 8 nitrogen and oxygen atoms in total. The third-order valence-electron chi connectivity index (χ3n) is 4.20. The van der Waals surface area contributed by atoms with Gasteiger partial charge in [-0.3, -0.25) is 4.79 Å². The number of likely N-dealkylation sites (tertiary alicyclic amines) is 1. The molecule has 0 bridgehead atoms. The number of amides is 2. The molecule has 1 aromatic heterocycles. The summed E-state index contributed by atoms with van der Waals surface area (Å²) in [4.78, 5) is 34.0. The van der Waals surface area contributed by atoms with Crippen molar-refractivity contribution in [1.29, 1.82) is 0 Å². The number of hydrogen-bond acceptors (Lipinski definition) is 6. The van der Waals surface area contributed by atoms with Crippen molar-refractivity contribution in [3.05, 3.63) is 52.8 Å². The summed E-state index contributed by atoms with van der Waals surface area (Å²) in [5.41, 5.74) is 0.884. The van der Waals surface area contributed by atoms with E-state index in [1.807, 2.05) is 30.3 Å². The molecular weight excluding hydrogens is 428 g/mol. The van der Waals surface area contributed by atoms with Crippen LogP contribution in [-0.2, 0) is 16.1 Å². The number of halogens is 1. The fourth-order valence-corrected chi connectivity index (χ4v) is 3.01. The van der Waals surface area contributed by atoms with Crippen LogP contribution in [0.5, 0.6) is 6.01 Å². The molecule has 1 aliphatic heterocycles. The van der Waals surface area contributed by atoms with Crippen LogP contribution in [0.3, 0.4) is 0 Å². The fourth-order valence-electron chi connectivity index (χ4n) is 2.81. The molecule has 1 atom stereocenters. The number of ether oxygens (including phenoxy) is 2. The zero-order chi connectivity index (χ0) is 19.8. The molecule has 28 heavy (non-hydrogen) atoms. The molecule has 1 N–H and O–H groups in total. The molecule has 3 rings (SSSR count). The number of aromatic nitrogens is 2. The van der Waals surface area contributed by atoms with Crippen LogP contribution in [0.2, 0.25) is 0 Å². The van der Waals surface area contributed by atoms with Crippen LogP contribution in [0, 0.1) is 0 Å². The van der Waals surface area contributed by atoms with Crippen molar-refractivity contribution in [3.63, 3.8) is 0 Å². The monoisotopic (exact) mass is 448 g/mol. The lowest BCUT2D eigenvalue weighted by Gasteiger charge is -2.32. The molecule has 1 aromatic carbocycles. The first kappa shape index (κ1) is 20.1. The highest BCUT2D eigenvalue weighted by molar-refractivity contribution is 9.10. The van der Waals surface area contributed by atoms with Gasteiger partial charge >= 0.3 is 12.1 Å². The summed E-state index contributed by atoms with van der Waals surface area (Å²) in [6.07, 6.45) is 4.05. The molecule has 1 fully saturated rings. The van der Waals surface area contributed by atoms with Crippen LogP contribution in [0.1, 0.15) is 18.4 Å². The molecule has 0 saturated carbocycles. The smallest absolute Gasteiger partial charge is 0.407 e. The van der Waals surface area contributed by atoms with Crippen molar-refractivity contribution in [2.24, 2.45) is 0 Å². The van der Waals surface area contributed by atoms with Crippen molar-refractivity contribution < 1.29 is 19.1 Å². The van der Waals surface area contributed by atoms with E-state index in [1.54, 1.807) is 17.3 Å². The van der Waals surface area contributed by atoms with Gasteiger partial charge in [0, 0.05) is 18.9 Å². The summed E-state index contributed by atoms with van der Waals surface area (Å²) in [7, 11) is 0. The SMILES string of the molecule is O=C(NCC(=O)N1CCCC(Oc2ncc(Br)cn2)C1)OCc1ccccc1. The zero-order valence-electron chi connectivity index (χ0n) is 15.2. The van der Waals surface area contributed by atoms with Gasteiger partial charge < -0.3 is 19.7 Å². The van der Waals surface area contributed by atoms with Crippen LogP contribution < -0.4 is 10.1 Å². The van der Waals surface area contributed by atoms with Crippen LogP contribution >= 0.6 is 15.9 Å². The predicted molar refractivity (Wildman–Crippen MR) is 105 cm³/mol. The normalized spacial score (nSPS) is 16.3. The van der Waals surface area contributed by atoms with E-state index in [1.165, 1.54) is 0 Å². The maximum atomic E-state index is 12.4. The molecule has 2 aromatic rings. The summed E-state index contributed by atoms with van der Waals surface area (Å²) >= 11 is 3.27. The highest BCUT2D eigenvalue weighted by Crippen LogP contribution is 2.16. The number of benzene rings is 1.